The van der Waals surface area contributed by atoms with Gasteiger partial charge in [-0.05, 0) is 50.8 Å². The van der Waals surface area contributed by atoms with Crippen LogP contribution in [0, 0.1) is 6.92 Å². The summed E-state index contributed by atoms with van der Waals surface area (Å²) < 4.78 is 7.68. The highest BCUT2D eigenvalue weighted by molar-refractivity contribution is 5.97. The number of fused-ring (bicyclic) bond motifs is 2. The minimum Gasteiger partial charge on any atom is -0.492 e. The second-order valence-electron chi connectivity index (χ2n) is 8.16. The molecule has 164 valence electrons. The third-order valence-electron chi connectivity index (χ3n) is 6.10. The van der Waals surface area contributed by atoms with E-state index in [0.717, 1.165) is 37.9 Å². The van der Waals surface area contributed by atoms with Gasteiger partial charge in [-0.1, -0.05) is 24.3 Å². The van der Waals surface area contributed by atoms with Crippen molar-refractivity contribution >= 4 is 11.8 Å². The lowest BCUT2D eigenvalue weighted by molar-refractivity contribution is -0.135. The van der Waals surface area contributed by atoms with Crippen molar-refractivity contribution in [1.82, 2.24) is 20.0 Å². The van der Waals surface area contributed by atoms with Crippen LogP contribution in [0.3, 0.4) is 0 Å². The van der Waals surface area contributed by atoms with Crippen molar-refractivity contribution in [2.75, 3.05) is 13.2 Å². The van der Waals surface area contributed by atoms with Crippen LogP contribution in [0.25, 0.3) is 0 Å². The van der Waals surface area contributed by atoms with Crippen LogP contribution in [-0.2, 0) is 11.3 Å². The number of aromatic nitrogens is 2. The van der Waals surface area contributed by atoms with Gasteiger partial charge in [-0.3, -0.25) is 14.3 Å². The van der Waals surface area contributed by atoms with E-state index in [1.54, 1.807) is 12.3 Å². The Balaban J connectivity index is 1.52. The molecule has 1 saturated heterocycles. The zero-order chi connectivity index (χ0) is 21.6. The average molecular weight is 423 g/mol. The Morgan fingerprint density at radius 1 is 1.26 bits per heavy atom. The van der Waals surface area contributed by atoms with Crippen molar-refractivity contribution in [1.29, 1.82) is 0 Å². The second-order valence-corrected chi connectivity index (χ2v) is 8.16. The molecule has 2 aliphatic heterocycles. The van der Waals surface area contributed by atoms with Crippen LogP contribution >= 0.6 is 0 Å². The molecule has 0 unspecified atom stereocenters. The largest absolute Gasteiger partial charge is 0.492 e. The number of nitrogens with zero attached hydrogens (tertiary/aromatic N) is 3. The number of piperidine rings is 1. The van der Waals surface area contributed by atoms with Crippen LogP contribution in [0.4, 0.5) is 0 Å². The molecule has 2 aliphatic rings. The number of likely N-dealkylation sites (tertiary alicyclic amines) is 1. The molecule has 1 aromatic carbocycles. The molecule has 0 spiro atoms. The Labute approximate surface area is 183 Å². The number of ether oxygens (including phenoxy) is 1. The number of rotatable bonds is 3. The van der Waals surface area contributed by atoms with E-state index in [4.69, 9.17) is 4.74 Å². The Hall–Kier alpha value is -3.09. The van der Waals surface area contributed by atoms with Gasteiger partial charge in [-0.2, -0.15) is 5.10 Å². The van der Waals surface area contributed by atoms with E-state index < -0.39 is 0 Å². The highest BCUT2D eigenvalue weighted by atomic mass is 16.5. The lowest BCUT2D eigenvalue weighted by Crippen LogP contribution is -2.57. The van der Waals surface area contributed by atoms with Crippen LogP contribution in [0.1, 0.15) is 48.2 Å². The monoisotopic (exact) mass is 422 g/mol. The van der Waals surface area contributed by atoms with Gasteiger partial charge < -0.3 is 15.0 Å². The van der Waals surface area contributed by atoms with Gasteiger partial charge in [0.2, 0.25) is 5.91 Å². The first-order valence-electron chi connectivity index (χ1n) is 11.1. The van der Waals surface area contributed by atoms with E-state index in [2.05, 4.69) is 22.6 Å². The Morgan fingerprint density at radius 2 is 2.13 bits per heavy atom. The maximum Gasteiger partial charge on any atom is 0.255 e. The summed E-state index contributed by atoms with van der Waals surface area (Å²) in [6, 6.07) is 9.14. The molecule has 7 heteroatoms. The summed E-state index contributed by atoms with van der Waals surface area (Å²) >= 11 is 0. The second kappa shape index (κ2) is 9.81. The lowest BCUT2D eigenvalue weighted by atomic mass is 9.92. The molecule has 4 rings (SSSR count). The fourth-order valence-electron chi connectivity index (χ4n) is 4.42. The molecule has 31 heavy (non-hydrogen) atoms. The van der Waals surface area contributed by atoms with Crippen LogP contribution in [-0.4, -0.2) is 51.7 Å². The number of nitrogens with one attached hydrogen (secondary N) is 1. The maximum absolute atomic E-state index is 13.1. The van der Waals surface area contributed by atoms with E-state index in [0.29, 0.717) is 30.9 Å². The predicted molar refractivity (Wildman–Crippen MR) is 118 cm³/mol. The third-order valence-corrected chi connectivity index (χ3v) is 6.10. The molecule has 2 amide bonds. The SMILES string of the molecule is Cc1ccnn1CCC(=O)N1CCC[C@@H]2NC(=O)c3ccccc3OCC/C=C/C[C@@H]21. The van der Waals surface area contributed by atoms with Gasteiger partial charge in [0, 0.05) is 37.4 Å². The fourth-order valence-corrected chi connectivity index (χ4v) is 4.42. The highest BCUT2D eigenvalue weighted by Crippen LogP contribution is 2.25. The highest BCUT2D eigenvalue weighted by Gasteiger charge is 2.34. The van der Waals surface area contributed by atoms with Crippen molar-refractivity contribution in [3.63, 3.8) is 0 Å². The van der Waals surface area contributed by atoms with Crippen molar-refractivity contribution in [3.05, 3.63) is 59.9 Å². The first kappa shape index (κ1) is 21.2. The Morgan fingerprint density at radius 3 is 2.97 bits per heavy atom. The molecule has 1 aromatic heterocycles. The van der Waals surface area contributed by atoms with E-state index >= 15 is 0 Å². The number of benzene rings is 1. The number of hydrogen-bond acceptors (Lipinski definition) is 4. The number of para-hydroxylation sites is 1. The predicted octanol–water partition coefficient (Wildman–Crippen LogP) is 3.10. The topological polar surface area (TPSA) is 76.5 Å². The summed E-state index contributed by atoms with van der Waals surface area (Å²) in [6.07, 6.45) is 9.59. The normalized spacial score (nSPS) is 22.7. The zero-order valence-corrected chi connectivity index (χ0v) is 18.0. The van der Waals surface area contributed by atoms with Crippen molar-refractivity contribution in [2.24, 2.45) is 0 Å². The van der Waals surface area contributed by atoms with E-state index in [-0.39, 0.29) is 23.9 Å². The smallest absolute Gasteiger partial charge is 0.255 e. The van der Waals surface area contributed by atoms with Crippen LogP contribution < -0.4 is 10.1 Å². The quantitative estimate of drug-likeness (QED) is 0.771. The Bertz CT molecular complexity index is 952. The Kier molecular flexibility index (Phi) is 6.70. The van der Waals surface area contributed by atoms with E-state index in [9.17, 15) is 9.59 Å². The number of amides is 2. The molecule has 1 N–H and O–H groups in total. The number of aryl methyl sites for hydroxylation is 2. The molecule has 0 saturated carbocycles. The molecule has 0 bridgehead atoms. The summed E-state index contributed by atoms with van der Waals surface area (Å²) in [5.41, 5.74) is 1.59. The van der Waals surface area contributed by atoms with Gasteiger partial charge in [0.15, 0.2) is 0 Å². The van der Waals surface area contributed by atoms with Gasteiger partial charge in [0.1, 0.15) is 5.75 Å². The average Bonchev–Trinajstić information content (AvgIpc) is 3.19. The van der Waals surface area contributed by atoms with Gasteiger partial charge in [0.25, 0.3) is 5.91 Å². The zero-order valence-electron chi connectivity index (χ0n) is 18.0. The maximum atomic E-state index is 13.1. The summed E-state index contributed by atoms with van der Waals surface area (Å²) in [5.74, 6) is 0.573. The first-order valence-corrected chi connectivity index (χ1v) is 11.1. The third kappa shape index (κ3) is 4.98. The number of hydrogen-bond donors (Lipinski definition) is 1. The van der Waals surface area contributed by atoms with Gasteiger partial charge >= 0.3 is 0 Å². The lowest BCUT2D eigenvalue weighted by Gasteiger charge is -2.41. The van der Waals surface area contributed by atoms with Crippen molar-refractivity contribution < 1.29 is 14.3 Å². The van der Waals surface area contributed by atoms with Gasteiger partial charge in [-0.25, -0.2) is 0 Å². The summed E-state index contributed by atoms with van der Waals surface area (Å²) in [6.45, 7) is 3.80. The first-order chi connectivity index (χ1) is 15.1. The van der Waals surface area contributed by atoms with Crippen LogP contribution in [0.2, 0.25) is 0 Å². The number of carbonyl (C=O) groups excluding carboxylic acids is 2. The molecular weight excluding hydrogens is 392 g/mol. The molecule has 7 nitrogen and oxygen atoms in total. The molecule has 2 atom stereocenters. The standard InChI is InChI=1S/C24H30N4O3/c1-18-12-14-25-28(18)16-13-23(29)27-15-7-9-20-21(27)10-3-2-6-17-31-22-11-5-4-8-19(22)24(30)26-20/h2-5,8,11-12,14,20-21H,6-7,9-10,13,15-17H2,1H3,(H,26,30)/b3-2+/t20-,21-/m0/s1. The number of carbonyl (C=O) groups is 2. The molecule has 0 aliphatic carbocycles. The van der Waals surface area contributed by atoms with Crippen molar-refractivity contribution in [3.8, 4) is 5.75 Å². The van der Waals surface area contributed by atoms with Crippen molar-refractivity contribution in [2.45, 2.75) is 57.7 Å². The molecule has 0 radical (unpaired) electrons. The van der Waals surface area contributed by atoms with Gasteiger partial charge in [-0.15, -0.1) is 0 Å². The summed E-state index contributed by atoms with van der Waals surface area (Å²) in [4.78, 5) is 28.2. The summed E-state index contributed by atoms with van der Waals surface area (Å²) in [5, 5.41) is 7.47. The molecule has 3 heterocycles. The van der Waals surface area contributed by atoms with E-state index in [1.807, 2.05) is 40.8 Å². The van der Waals surface area contributed by atoms with Gasteiger partial charge in [0.05, 0.1) is 18.2 Å². The minimum absolute atomic E-state index is 0.0484. The molecule has 1 fully saturated rings. The van der Waals surface area contributed by atoms with Crippen LogP contribution in [0.5, 0.6) is 5.75 Å². The fraction of sp³-hybridized carbons (Fsp3) is 0.458. The minimum atomic E-state index is -0.142. The summed E-state index contributed by atoms with van der Waals surface area (Å²) in [7, 11) is 0. The molecule has 2 aromatic rings. The van der Waals surface area contributed by atoms with E-state index in [1.165, 1.54) is 0 Å². The molecular formula is C24H30N4O3. The van der Waals surface area contributed by atoms with Crippen LogP contribution in [0.15, 0.2) is 48.7 Å².